The highest BCUT2D eigenvalue weighted by Gasteiger charge is 2.19. The van der Waals surface area contributed by atoms with E-state index in [2.05, 4.69) is 34.1 Å². The minimum absolute atomic E-state index is 0.259. The maximum absolute atomic E-state index is 11.7. The van der Waals surface area contributed by atoms with Gasteiger partial charge in [-0.25, -0.2) is 0 Å². The van der Waals surface area contributed by atoms with Crippen molar-refractivity contribution in [1.29, 1.82) is 0 Å². The molecule has 2 aromatic carbocycles. The second-order valence-corrected chi connectivity index (χ2v) is 8.43. The quantitative estimate of drug-likeness (QED) is 0.753. The summed E-state index contributed by atoms with van der Waals surface area (Å²) in [6.45, 7) is 6.57. The Morgan fingerprint density at radius 1 is 1.04 bits per heavy atom. The van der Waals surface area contributed by atoms with Gasteiger partial charge in [-0.3, -0.25) is 9.11 Å². The van der Waals surface area contributed by atoms with Gasteiger partial charge in [-0.05, 0) is 36.4 Å². The fraction of sp³-hybridized carbons (Fsp3) is 0.429. The molecular weight excluding hydrogens is 360 g/mol. The second kappa shape index (κ2) is 9.88. The molecule has 0 saturated carbocycles. The molecule has 1 aliphatic rings. The van der Waals surface area contributed by atoms with Gasteiger partial charge in [0.1, 0.15) is 18.5 Å². The van der Waals surface area contributed by atoms with Crippen LogP contribution < -0.4 is 9.64 Å². The van der Waals surface area contributed by atoms with Crippen molar-refractivity contribution in [3.05, 3.63) is 54.6 Å². The van der Waals surface area contributed by atoms with Crippen LogP contribution in [-0.4, -0.2) is 65.4 Å². The summed E-state index contributed by atoms with van der Waals surface area (Å²) in [7, 11) is -0.949. The lowest BCUT2D eigenvalue weighted by Crippen LogP contribution is -2.49. The average molecular weight is 389 g/mol. The molecule has 0 bridgehead atoms. The first-order valence-corrected chi connectivity index (χ1v) is 10.8. The number of piperazine rings is 1. The highest BCUT2D eigenvalue weighted by Crippen LogP contribution is 2.17. The Balaban J connectivity index is 1.40. The van der Waals surface area contributed by atoms with Crippen LogP contribution in [0.3, 0.4) is 0 Å². The van der Waals surface area contributed by atoms with Crippen molar-refractivity contribution < 1.29 is 14.1 Å². The highest BCUT2D eigenvalue weighted by atomic mass is 32.2. The summed E-state index contributed by atoms with van der Waals surface area (Å²) in [5.74, 6) is 1.30. The molecule has 0 radical (unpaired) electrons. The third-order valence-electron chi connectivity index (χ3n) is 4.75. The molecular formula is C21H28N2O3S. The number of hydrogen-bond acceptors (Lipinski definition) is 5. The highest BCUT2D eigenvalue weighted by molar-refractivity contribution is 7.85. The molecule has 1 saturated heterocycles. The maximum Gasteiger partial charge on any atom is 0.119 e. The van der Waals surface area contributed by atoms with Crippen LogP contribution in [0.1, 0.15) is 6.92 Å². The molecule has 146 valence electrons. The Morgan fingerprint density at radius 3 is 2.33 bits per heavy atom. The molecule has 0 amide bonds. The van der Waals surface area contributed by atoms with Crippen molar-refractivity contribution in [1.82, 2.24) is 4.90 Å². The lowest BCUT2D eigenvalue weighted by Gasteiger charge is -2.36. The molecule has 3 rings (SSSR count). The van der Waals surface area contributed by atoms with E-state index in [1.165, 1.54) is 5.69 Å². The predicted molar refractivity (Wildman–Crippen MR) is 110 cm³/mol. The number of anilines is 1. The Bertz CT molecular complexity index is 716. The van der Waals surface area contributed by atoms with Gasteiger partial charge >= 0.3 is 0 Å². The number of β-amino-alcohol motifs (C(OH)–C–C–N with tert-alkyl or cyclic N) is 1. The van der Waals surface area contributed by atoms with Gasteiger partial charge in [0.05, 0.1) is 10.8 Å². The van der Waals surface area contributed by atoms with Crippen molar-refractivity contribution in [3.8, 4) is 5.75 Å². The smallest absolute Gasteiger partial charge is 0.119 e. The van der Waals surface area contributed by atoms with Gasteiger partial charge < -0.3 is 14.7 Å². The Morgan fingerprint density at radius 2 is 1.70 bits per heavy atom. The van der Waals surface area contributed by atoms with E-state index in [4.69, 9.17) is 4.74 Å². The standard InChI is InChI=1S/C21H28N2O3S/c1-2-27(25)21-10-8-20(9-11-21)26-17-19(24)16-22-12-14-23(15-13-22)18-6-4-3-5-7-18/h3-11,19,24H,2,12-17H2,1H3. The molecule has 0 aromatic heterocycles. The summed E-state index contributed by atoms with van der Waals surface area (Å²) in [5.41, 5.74) is 1.26. The summed E-state index contributed by atoms with van der Waals surface area (Å²) in [6, 6.07) is 17.7. The summed E-state index contributed by atoms with van der Waals surface area (Å²) in [5, 5.41) is 10.3. The summed E-state index contributed by atoms with van der Waals surface area (Å²) < 4.78 is 17.4. The molecule has 5 nitrogen and oxygen atoms in total. The lowest BCUT2D eigenvalue weighted by atomic mass is 10.2. The molecule has 1 aliphatic heterocycles. The maximum atomic E-state index is 11.7. The zero-order valence-corrected chi connectivity index (χ0v) is 16.6. The van der Waals surface area contributed by atoms with Crippen LogP contribution in [0.5, 0.6) is 5.75 Å². The molecule has 1 N–H and O–H groups in total. The van der Waals surface area contributed by atoms with Gasteiger partial charge in [0.2, 0.25) is 0 Å². The SMILES string of the molecule is CCS(=O)c1ccc(OCC(O)CN2CCN(c3ccccc3)CC2)cc1. The van der Waals surface area contributed by atoms with Crippen LogP contribution in [-0.2, 0) is 10.8 Å². The lowest BCUT2D eigenvalue weighted by molar-refractivity contribution is 0.0663. The molecule has 27 heavy (non-hydrogen) atoms. The van der Waals surface area contributed by atoms with E-state index in [0.29, 0.717) is 18.0 Å². The number of rotatable bonds is 8. The first-order chi connectivity index (χ1) is 13.2. The zero-order valence-electron chi connectivity index (χ0n) is 15.8. The average Bonchev–Trinajstić information content (AvgIpc) is 2.73. The number of para-hydroxylation sites is 1. The fourth-order valence-electron chi connectivity index (χ4n) is 3.22. The molecule has 1 heterocycles. The van der Waals surface area contributed by atoms with Crippen molar-refractivity contribution >= 4 is 16.5 Å². The van der Waals surface area contributed by atoms with Crippen LogP contribution in [0.4, 0.5) is 5.69 Å². The van der Waals surface area contributed by atoms with Crippen molar-refractivity contribution in [2.75, 3.05) is 50.0 Å². The van der Waals surface area contributed by atoms with Crippen LogP contribution in [0.2, 0.25) is 0 Å². The summed E-state index contributed by atoms with van der Waals surface area (Å²) in [4.78, 5) is 5.46. The second-order valence-electron chi connectivity index (χ2n) is 6.69. The number of ether oxygens (including phenoxy) is 1. The van der Waals surface area contributed by atoms with Crippen LogP contribution in [0.15, 0.2) is 59.5 Å². The van der Waals surface area contributed by atoms with Crippen molar-refractivity contribution in [2.24, 2.45) is 0 Å². The minimum atomic E-state index is -0.949. The molecule has 0 spiro atoms. The van der Waals surface area contributed by atoms with Crippen LogP contribution in [0.25, 0.3) is 0 Å². The van der Waals surface area contributed by atoms with Crippen LogP contribution in [0, 0.1) is 0 Å². The molecule has 2 aromatic rings. The zero-order chi connectivity index (χ0) is 19.1. The Hall–Kier alpha value is -1.89. The topological polar surface area (TPSA) is 53.0 Å². The Labute approximate surface area is 164 Å². The molecule has 2 atom stereocenters. The normalized spacial score (nSPS) is 17.5. The van der Waals surface area contributed by atoms with Gasteiger partial charge in [-0.1, -0.05) is 25.1 Å². The number of hydrogen-bond donors (Lipinski definition) is 1. The van der Waals surface area contributed by atoms with E-state index in [-0.39, 0.29) is 6.61 Å². The van der Waals surface area contributed by atoms with E-state index in [1.807, 2.05) is 37.3 Å². The number of aliphatic hydroxyl groups is 1. The number of benzene rings is 2. The van der Waals surface area contributed by atoms with Gasteiger partial charge in [0.15, 0.2) is 0 Å². The summed E-state index contributed by atoms with van der Waals surface area (Å²) >= 11 is 0. The van der Waals surface area contributed by atoms with Crippen LogP contribution >= 0.6 is 0 Å². The van der Waals surface area contributed by atoms with Crippen molar-refractivity contribution in [2.45, 2.75) is 17.9 Å². The fourth-order valence-corrected chi connectivity index (χ4v) is 4.00. The first-order valence-electron chi connectivity index (χ1n) is 9.47. The minimum Gasteiger partial charge on any atom is -0.491 e. The monoisotopic (exact) mass is 388 g/mol. The van der Waals surface area contributed by atoms with Gasteiger partial charge in [0.25, 0.3) is 0 Å². The third kappa shape index (κ3) is 5.79. The molecule has 6 heteroatoms. The van der Waals surface area contributed by atoms with Gasteiger partial charge in [-0.15, -0.1) is 0 Å². The van der Waals surface area contributed by atoms with E-state index in [9.17, 15) is 9.32 Å². The molecule has 0 aliphatic carbocycles. The first kappa shape index (κ1) is 19.9. The van der Waals surface area contributed by atoms with E-state index < -0.39 is 16.9 Å². The third-order valence-corrected chi connectivity index (χ3v) is 6.08. The largest absolute Gasteiger partial charge is 0.491 e. The summed E-state index contributed by atoms with van der Waals surface area (Å²) in [6.07, 6.45) is -0.530. The predicted octanol–water partition coefficient (Wildman–Crippen LogP) is 2.38. The Kier molecular flexibility index (Phi) is 7.26. The van der Waals surface area contributed by atoms with E-state index in [0.717, 1.165) is 31.1 Å². The number of nitrogens with zero attached hydrogens (tertiary/aromatic N) is 2. The number of aliphatic hydroxyl groups excluding tert-OH is 1. The van der Waals surface area contributed by atoms with E-state index >= 15 is 0 Å². The van der Waals surface area contributed by atoms with Gasteiger partial charge in [-0.2, -0.15) is 0 Å². The van der Waals surface area contributed by atoms with Gasteiger partial charge in [0, 0.05) is 49.1 Å². The van der Waals surface area contributed by atoms with E-state index in [1.54, 1.807) is 0 Å². The van der Waals surface area contributed by atoms with Crippen molar-refractivity contribution in [3.63, 3.8) is 0 Å². The molecule has 2 unspecified atom stereocenters. The molecule has 1 fully saturated rings.